The average Bonchev–Trinajstić information content (AvgIpc) is 3.49. The second kappa shape index (κ2) is 10.8. The number of fused-ring (bicyclic) bond motifs is 6. The van der Waals surface area contributed by atoms with Crippen molar-refractivity contribution in [2.24, 2.45) is 10.7 Å². The van der Waals surface area contributed by atoms with Crippen LogP contribution >= 0.6 is 11.3 Å². The van der Waals surface area contributed by atoms with E-state index in [0.29, 0.717) is 0 Å². The number of benzene rings is 5. The maximum atomic E-state index is 7.75. The van der Waals surface area contributed by atoms with Crippen molar-refractivity contribution in [3.63, 3.8) is 0 Å². The van der Waals surface area contributed by atoms with Crippen molar-refractivity contribution in [2.75, 3.05) is 0 Å². The van der Waals surface area contributed by atoms with E-state index in [1.54, 1.807) is 0 Å². The Morgan fingerprint density at radius 3 is 2.17 bits per heavy atom. The van der Waals surface area contributed by atoms with Gasteiger partial charge in [-0.05, 0) is 40.8 Å². The van der Waals surface area contributed by atoms with Crippen LogP contribution in [0, 0.1) is 5.41 Å². The van der Waals surface area contributed by atoms with E-state index in [4.69, 9.17) is 16.1 Å². The summed E-state index contributed by atoms with van der Waals surface area (Å²) < 4.78 is 2.67. The molecule has 0 fully saturated rings. The smallest absolute Gasteiger partial charge is 0.123 e. The molecule has 0 saturated carbocycles. The van der Waals surface area contributed by atoms with Crippen LogP contribution in [0.4, 0.5) is 0 Å². The van der Waals surface area contributed by atoms with E-state index in [-0.39, 0.29) is 11.3 Å². The molecule has 0 amide bonds. The van der Waals surface area contributed by atoms with Gasteiger partial charge in [-0.15, -0.1) is 11.3 Å². The zero-order valence-electron chi connectivity index (χ0n) is 23.6. The number of amidine groups is 1. The average molecular weight is 552 g/mol. The maximum Gasteiger partial charge on any atom is 0.123 e. The van der Waals surface area contributed by atoms with Crippen LogP contribution in [0.3, 0.4) is 0 Å². The molecule has 1 aliphatic rings. The van der Waals surface area contributed by atoms with Gasteiger partial charge < -0.3 is 5.73 Å². The lowest BCUT2D eigenvalue weighted by atomic mass is 9.82. The highest BCUT2D eigenvalue weighted by molar-refractivity contribution is 7.26. The summed E-state index contributed by atoms with van der Waals surface area (Å²) in [5.74, 6) is 0.138. The quantitative estimate of drug-likeness (QED) is 0.166. The standard InChI is InChI=1S/C21H17NS.C16H16N2/c1-15(22-14-16-8-3-2-4-9-16)17-11-7-12-19-18-10-5-6-13-20(18)23-21(17)19;1-16(2)12-8-4-3-6-10(12)14-11(15(17)18)7-5-9-13(14)16/h2-13H,14H2,1H3;3-9H,1-2H3,(H3,17,18). The molecule has 3 N–H and O–H groups in total. The number of nitrogens with zero attached hydrogens (tertiary/aromatic N) is 1. The lowest BCUT2D eigenvalue weighted by molar-refractivity contribution is 0.660. The number of hydrogen-bond acceptors (Lipinski definition) is 3. The summed E-state index contributed by atoms with van der Waals surface area (Å²) in [6.45, 7) is 7.29. The molecule has 7 rings (SSSR count). The Hall–Kier alpha value is -4.54. The van der Waals surface area contributed by atoms with Gasteiger partial charge in [-0.3, -0.25) is 10.4 Å². The summed E-state index contributed by atoms with van der Waals surface area (Å²) in [5.41, 5.74) is 15.1. The number of nitrogens with two attached hydrogens (primary N) is 1. The Labute approximate surface area is 245 Å². The van der Waals surface area contributed by atoms with Crippen LogP contribution < -0.4 is 5.73 Å². The summed E-state index contributed by atoms with van der Waals surface area (Å²) in [4.78, 5) is 4.81. The van der Waals surface area contributed by atoms with Crippen molar-refractivity contribution in [1.82, 2.24) is 0 Å². The highest BCUT2D eigenvalue weighted by Gasteiger charge is 2.36. The van der Waals surface area contributed by atoms with Gasteiger partial charge in [-0.2, -0.15) is 0 Å². The monoisotopic (exact) mass is 551 g/mol. The Morgan fingerprint density at radius 2 is 1.37 bits per heavy atom. The van der Waals surface area contributed by atoms with E-state index in [1.165, 1.54) is 48.0 Å². The molecular formula is C37H33N3S. The number of aliphatic imine (C=N–C) groups is 1. The molecule has 0 bridgehead atoms. The van der Waals surface area contributed by atoms with E-state index in [0.717, 1.165) is 23.4 Å². The molecule has 202 valence electrons. The normalized spacial score (nSPS) is 13.4. The van der Waals surface area contributed by atoms with Gasteiger partial charge >= 0.3 is 0 Å². The molecular weight excluding hydrogens is 518 g/mol. The number of rotatable bonds is 4. The Morgan fingerprint density at radius 1 is 0.732 bits per heavy atom. The molecule has 1 aliphatic carbocycles. The third kappa shape index (κ3) is 4.85. The lowest BCUT2D eigenvalue weighted by Crippen LogP contribution is -2.16. The molecule has 0 aliphatic heterocycles. The van der Waals surface area contributed by atoms with Gasteiger partial charge in [0, 0.05) is 42.4 Å². The molecule has 6 aromatic rings. The molecule has 41 heavy (non-hydrogen) atoms. The van der Waals surface area contributed by atoms with Gasteiger partial charge in [0.05, 0.1) is 6.54 Å². The van der Waals surface area contributed by atoms with Crippen molar-refractivity contribution < 1.29 is 0 Å². The van der Waals surface area contributed by atoms with Crippen LogP contribution in [0.25, 0.3) is 31.3 Å². The minimum atomic E-state index is -0.0165. The molecule has 0 saturated heterocycles. The fourth-order valence-electron chi connectivity index (χ4n) is 5.89. The summed E-state index contributed by atoms with van der Waals surface area (Å²) in [7, 11) is 0. The van der Waals surface area contributed by atoms with Crippen molar-refractivity contribution in [2.45, 2.75) is 32.7 Å². The van der Waals surface area contributed by atoms with E-state index in [9.17, 15) is 0 Å². The number of nitrogens with one attached hydrogen (secondary N) is 1. The van der Waals surface area contributed by atoms with E-state index < -0.39 is 0 Å². The van der Waals surface area contributed by atoms with Gasteiger partial charge in [0.25, 0.3) is 0 Å². The molecule has 1 aromatic heterocycles. The molecule has 4 heteroatoms. The Bertz CT molecular complexity index is 1930. The summed E-state index contributed by atoms with van der Waals surface area (Å²) in [5, 5.41) is 10.4. The van der Waals surface area contributed by atoms with Crippen LogP contribution in [-0.4, -0.2) is 11.5 Å². The number of nitrogen functional groups attached to an aromatic ring is 1. The summed E-state index contributed by atoms with van der Waals surface area (Å²) in [6, 6.07) is 40.0. The molecule has 0 radical (unpaired) electrons. The molecule has 5 aromatic carbocycles. The first-order chi connectivity index (χ1) is 19.9. The number of thiophene rings is 1. The Balaban J connectivity index is 0.000000152. The van der Waals surface area contributed by atoms with Gasteiger partial charge in [-0.25, -0.2) is 0 Å². The first-order valence-corrected chi connectivity index (χ1v) is 14.7. The molecule has 0 atom stereocenters. The van der Waals surface area contributed by atoms with Crippen molar-refractivity contribution in [3.05, 3.63) is 143 Å². The Kier molecular flexibility index (Phi) is 7.02. The largest absolute Gasteiger partial charge is 0.384 e. The van der Waals surface area contributed by atoms with Crippen LogP contribution in [-0.2, 0) is 12.0 Å². The van der Waals surface area contributed by atoms with Crippen molar-refractivity contribution in [1.29, 1.82) is 5.41 Å². The van der Waals surface area contributed by atoms with Crippen molar-refractivity contribution in [3.8, 4) is 11.1 Å². The topological polar surface area (TPSA) is 62.2 Å². The minimum Gasteiger partial charge on any atom is -0.384 e. The molecule has 1 heterocycles. The van der Waals surface area contributed by atoms with Gasteiger partial charge in [0.15, 0.2) is 0 Å². The molecule has 0 spiro atoms. The van der Waals surface area contributed by atoms with E-state index >= 15 is 0 Å². The first-order valence-electron chi connectivity index (χ1n) is 13.9. The zero-order chi connectivity index (χ0) is 28.6. The number of hydrogen-bond donors (Lipinski definition) is 2. The highest BCUT2D eigenvalue weighted by atomic mass is 32.1. The first kappa shape index (κ1) is 26.7. The SMILES string of the molecule is CC(=NCc1ccccc1)c1cccc2c1sc1ccccc12.CC1(C)c2ccccc2-c2c(C(=N)N)cccc21. The van der Waals surface area contributed by atoms with Gasteiger partial charge in [-0.1, -0.05) is 123 Å². The zero-order valence-corrected chi connectivity index (χ0v) is 24.4. The van der Waals surface area contributed by atoms with Gasteiger partial charge in [0.1, 0.15) is 5.84 Å². The van der Waals surface area contributed by atoms with Crippen LogP contribution in [0.15, 0.2) is 120 Å². The highest BCUT2D eigenvalue weighted by Crippen LogP contribution is 2.49. The fraction of sp³-hybridized carbons (Fsp3) is 0.135. The second-order valence-electron chi connectivity index (χ2n) is 11.0. The lowest BCUT2D eigenvalue weighted by Gasteiger charge is -2.21. The minimum absolute atomic E-state index is 0.0165. The summed E-state index contributed by atoms with van der Waals surface area (Å²) in [6.07, 6.45) is 0. The third-order valence-corrected chi connectivity index (χ3v) is 9.25. The molecule has 3 nitrogen and oxygen atoms in total. The predicted molar refractivity (Wildman–Crippen MR) is 177 cm³/mol. The maximum absolute atomic E-state index is 7.75. The van der Waals surface area contributed by atoms with Crippen LogP contribution in [0.5, 0.6) is 0 Å². The van der Waals surface area contributed by atoms with Crippen LogP contribution in [0.1, 0.15) is 48.6 Å². The van der Waals surface area contributed by atoms with Crippen LogP contribution in [0.2, 0.25) is 0 Å². The van der Waals surface area contributed by atoms with E-state index in [1.807, 2.05) is 35.6 Å². The van der Waals surface area contributed by atoms with Gasteiger partial charge in [0.2, 0.25) is 0 Å². The predicted octanol–water partition coefficient (Wildman–Crippen LogP) is 9.34. The summed E-state index contributed by atoms with van der Waals surface area (Å²) >= 11 is 1.86. The second-order valence-corrected chi connectivity index (χ2v) is 12.0. The molecule has 0 unspecified atom stereocenters. The van der Waals surface area contributed by atoms with Crippen molar-refractivity contribution >= 4 is 43.1 Å². The van der Waals surface area contributed by atoms with E-state index in [2.05, 4.69) is 112 Å². The third-order valence-electron chi connectivity index (χ3n) is 8.03. The fourth-order valence-corrected chi connectivity index (χ4v) is 7.16.